The monoisotopic (exact) mass is 220 g/mol. The van der Waals surface area contributed by atoms with Gasteiger partial charge in [0.05, 0.1) is 0 Å². The molecule has 3 unspecified atom stereocenters. The fourth-order valence-corrected chi connectivity index (χ4v) is 3.54. The number of thiophene rings is 1. The Labute approximate surface area is 94.4 Å². The van der Waals surface area contributed by atoms with Crippen LogP contribution in [-0.2, 0) is 0 Å². The van der Waals surface area contributed by atoms with Gasteiger partial charge in [-0.1, -0.05) is 0 Å². The van der Waals surface area contributed by atoms with E-state index in [1.54, 1.807) is 0 Å². The molecule has 1 aromatic rings. The summed E-state index contributed by atoms with van der Waals surface area (Å²) in [5, 5.41) is 3.44. The number of fused-ring (bicyclic) bond motifs is 1. The highest BCUT2D eigenvalue weighted by Gasteiger charge is 2.32. The lowest BCUT2D eigenvalue weighted by atomic mass is 9.89. The van der Waals surface area contributed by atoms with Crippen molar-refractivity contribution in [2.75, 3.05) is 6.54 Å². The van der Waals surface area contributed by atoms with Crippen molar-refractivity contribution in [3.8, 4) is 0 Å². The van der Waals surface area contributed by atoms with E-state index in [1.165, 1.54) is 22.6 Å². The molecule has 1 N–H and O–H groups in total. The first kappa shape index (κ1) is 9.55. The third-order valence-corrected chi connectivity index (χ3v) is 4.56. The fourth-order valence-electron chi connectivity index (χ4n) is 2.59. The van der Waals surface area contributed by atoms with Crippen molar-refractivity contribution in [3.63, 3.8) is 0 Å². The van der Waals surface area contributed by atoms with Crippen LogP contribution in [0, 0.1) is 12.8 Å². The molecule has 15 heavy (non-hydrogen) atoms. The number of aryl methyl sites for hydroxylation is 1. The van der Waals surface area contributed by atoms with Crippen LogP contribution in [0.25, 0.3) is 0 Å². The van der Waals surface area contributed by atoms with Gasteiger partial charge in [-0.15, -0.1) is 11.3 Å². The highest BCUT2D eigenvalue weighted by atomic mass is 32.1. The molecule has 3 heteroatoms. The van der Waals surface area contributed by atoms with E-state index in [2.05, 4.69) is 35.6 Å². The smallest absolute Gasteiger partial charge is 0.102 e. The summed E-state index contributed by atoms with van der Waals surface area (Å²) in [6, 6.07) is 4.48. The van der Waals surface area contributed by atoms with Crippen molar-refractivity contribution >= 4 is 17.6 Å². The summed E-state index contributed by atoms with van der Waals surface area (Å²) >= 11 is 1.92. The first-order valence-corrected chi connectivity index (χ1v) is 6.47. The van der Waals surface area contributed by atoms with E-state index < -0.39 is 0 Å². The predicted octanol–water partition coefficient (Wildman–Crippen LogP) is 2.55. The zero-order valence-corrected chi connectivity index (χ0v) is 9.76. The predicted molar refractivity (Wildman–Crippen MR) is 64.8 cm³/mol. The van der Waals surface area contributed by atoms with Crippen molar-refractivity contribution in [1.29, 1.82) is 0 Å². The average molecular weight is 220 g/mol. The van der Waals surface area contributed by atoms with Gasteiger partial charge in [0.15, 0.2) is 0 Å². The quantitative estimate of drug-likeness (QED) is 0.773. The Balaban J connectivity index is 1.81. The van der Waals surface area contributed by atoms with Crippen LogP contribution in [0.3, 0.4) is 0 Å². The Morgan fingerprint density at radius 2 is 2.40 bits per heavy atom. The molecule has 1 saturated heterocycles. The SMILES string of the molecule is Cc1ccc(C2C=NC3NCCC3C2)s1. The number of aliphatic imine (C=N–C) groups is 1. The molecule has 0 aromatic carbocycles. The van der Waals surface area contributed by atoms with Gasteiger partial charge in [0.1, 0.15) is 6.17 Å². The minimum atomic E-state index is 0.419. The fraction of sp³-hybridized carbons (Fsp3) is 0.583. The molecule has 1 aromatic heterocycles. The summed E-state index contributed by atoms with van der Waals surface area (Å²) in [5.41, 5.74) is 0. The number of hydrogen-bond acceptors (Lipinski definition) is 3. The maximum absolute atomic E-state index is 4.63. The lowest BCUT2D eigenvalue weighted by Crippen LogP contribution is -2.29. The minimum Gasteiger partial charge on any atom is -0.296 e. The van der Waals surface area contributed by atoms with Crippen LogP contribution < -0.4 is 5.32 Å². The first-order chi connectivity index (χ1) is 7.33. The summed E-state index contributed by atoms with van der Waals surface area (Å²) in [4.78, 5) is 7.52. The van der Waals surface area contributed by atoms with Crippen LogP contribution >= 0.6 is 11.3 Å². The molecule has 2 aliphatic rings. The van der Waals surface area contributed by atoms with Gasteiger partial charge in [-0.2, -0.15) is 0 Å². The van der Waals surface area contributed by atoms with Gasteiger partial charge >= 0.3 is 0 Å². The van der Waals surface area contributed by atoms with Crippen LogP contribution in [0.1, 0.15) is 28.5 Å². The second kappa shape index (κ2) is 3.72. The van der Waals surface area contributed by atoms with Crippen molar-refractivity contribution in [1.82, 2.24) is 5.32 Å². The molecule has 0 spiro atoms. The van der Waals surface area contributed by atoms with Crippen molar-refractivity contribution in [2.45, 2.75) is 31.8 Å². The van der Waals surface area contributed by atoms with E-state index in [0.29, 0.717) is 12.1 Å². The van der Waals surface area contributed by atoms with Gasteiger partial charge in [0.2, 0.25) is 0 Å². The molecular formula is C12H16N2S. The van der Waals surface area contributed by atoms with E-state index >= 15 is 0 Å². The van der Waals surface area contributed by atoms with Crippen LogP contribution in [-0.4, -0.2) is 18.9 Å². The molecule has 2 nitrogen and oxygen atoms in total. The molecular weight excluding hydrogens is 204 g/mol. The lowest BCUT2D eigenvalue weighted by molar-refractivity contribution is 0.406. The van der Waals surface area contributed by atoms with E-state index in [1.807, 2.05) is 11.3 Å². The number of nitrogens with zero attached hydrogens (tertiary/aromatic N) is 1. The molecule has 1 fully saturated rings. The second-order valence-electron chi connectivity index (χ2n) is 4.54. The van der Waals surface area contributed by atoms with Crippen LogP contribution in [0.2, 0.25) is 0 Å². The molecule has 0 amide bonds. The summed E-state index contributed by atoms with van der Waals surface area (Å²) < 4.78 is 0. The second-order valence-corrected chi connectivity index (χ2v) is 5.86. The van der Waals surface area contributed by atoms with Gasteiger partial charge < -0.3 is 0 Å². The van der Waals surface area contributed by atoms with E-state index in [-0.39, 0.29) is 0 Å². The number of rotatable bonds is 1. The first-order valence-electron chi connectivity index (χ1n) is 5.66. The molecule has 0 saturated carbocycles. The molecule has 0 aliphatic carbocycles. The maximum atomic E-state index is 4.63. The third kappa shape index (κ3) is 1.74. The van der Waals surface area contributed by atoms with E-state index in [4.69, 9.17) is 0 Å². The van der Waals surface area contributed by atoms with Gasteiger partial charge in [-0.05, 0) is 44.4 Å². The molecule has 80 valence electrons. The van der Waals surface area contributed by atoms with Gasteiger partial charge in [0, 0.05) is 21.9 Å². The average Bonchev–Trinajstić information content (AvgIpc) is 2.84. The van der Waals surface area contributed by atoms with E-state index in [0.717, 1.165) is 12.5 Å². The van der Waals surface area contributed by atoms with E-state index in [9.17, 15) is 0 Å². The third-order valence-electron chi connectivity index (χ3n) is 3.43. The van der Waals surface area contributed by atoms with Crippen LogP contribution in [0.15, 0.2) is 17.1 Å². The molecule has 2 aliphatic heterocycles. The van der Waals surface area contributed by atoms with Gasteiger partial charge in [-0.25, -0.2) is 0 Å². The Kier molecular flexibility index (Phi) is 2.37. The summed E-state index contributed by atoms with van der Waals surface area (Å²) in [6.45, 7) is 3.32. The number of hydrogen-bond donors (Lipinski definition) is 1. The Morgan fingerprint density at radius 3 is 3.20 bits per heavy atom. The summed E-state index contributed by atoms with van der Waals surface area (Å²) in [7, 11) is 0. The molecule has 3 heterocycles. The maximum Gasteiger partial charge on any atom is 0.102 e. The molecule has 3 rings (SSSR count). The van der Waals surface area contributed by atoms with Crippen LogP contribution in [0.5, 0.6) is 0 Å². The molecule has 0 bridgehead atoms. The van der Waals surface area contributed by atoms with Crippen molar-refractivity contribution < 1.29 is 0 Å². The largest absolute Gasteiger partial charge is 0.296 e. The zero-order valence-electron chi connectivity index (χ0n) is 8.94. The summed E-state index contributed by atoms with van der Waals surface area (Å²) in [6.07, 6.45) is 5.15. The summed E-state index contributed by atoms with van der Waals surface area (Å²) in [5.74, 6) is 1.34. The van der Waals surface area contributed by atoms with Crippen LogP contribution in [0.4, 0.5) is 0 Å². The minimum absolute atomic E-state index is 0.419. The Hall–Kier alpha value is -0.670. The standard InChI is InChI=1S/C12H16N2S/c1-8-2-3-11(15-8)10-6-9-4-5-13-12(9)14-7-10/h2-3,7,9-10,12-13H,4-6H2,1H3. The highest BCUT2D eigenvalue weighted by Crippen LogP contribution is 2.35. The highest BCUT2D eigenvalue weighted by molar-refractivity contribution is 7.12. The zero-order chi connectivity index (χ0) is 10.3. The van der Waals surface area contributed by atoms with Gasteiger partial charge in [-0.3, -0.25) is 10.3 Å². The number of nitrogens with one attached hydrogen (secondary N) is 1. The molecule has 0 radical (unpaired) electrons. The normalized spacial score (nSPS) is 34.3. The Morgan fingerprint density at radius 1 is 1.47 bits per heavy atom. The Bertz CT molecular complexity index is 383. The lowest BCUT2D eigenvalue weighted by Gasteiger charge is -2.24. The topological polar surface area (TPSA) is 24.4 Å². The van der Waals surface area contributed by atoms with Crippen molar-refractivity contribution in [3.05, 3.63) is 21.9 Å². The molecule has 3 atom stereocenters. The van der Waals surface area contributed by atoms with Crippen molar-refractivity contribution in [2.24, 2.45) is 10.9 Å². The van der Waals surface area contributed by atoms with Gasteiger partial charge in [0.25, 0.3) is 0 Å².